The Morgan fingerprint density at radius 2 is 2.06 bits per heavy atom. The van der Waals surface area contributed by atoms with E-state index in [1.165, 1.54) is 13.2 Å². The number of fused-ring (bicyclic) bond motifs is 1. The van der Waals surface area contributed by atoms with Crippen LogP contribution in [-0.4, -0.2) is 33.1 Å². The fourth-order valence-corrected chi connectivity index (χ4v) is 5.16. The number of allylic oxidation sites excluding steroid dienone is 2. The smallest absolute Gasteiger partial charge is 0.248 e. The van der Waals surface area contributed by atoms with Gasteiger partial charge in [0, 0.05) is 23.3 Å². The number of rotatable bonds is 5. The number of methoxy groups -OCH3 is 1. The molecule has 176 valence electrons. The molecule has 10 heteroatoms. The van der Waals surface area contributed by atoms with Crippen LogP contribution in [-0.2, 0) is 11.4 Å². The van der Waals surface area contributed by atoms with E-state index in [0.717, 1.165) is 11.3 Å². The van der Waals surface area contributed by atoms with Gasteiger partial charge in [-0.05, 0) is 62.0 Å². The first-order chi connectivity index (χ1) is 16.3. The number of hydrogen-bond donors (Lipinski definition) is 1. The van der Waals surface area contributed by atoms with Crippen molar-refractivity contribution in [2.45, 2.75) is 39.3 Å². The van der Waals surface area contributed by atoms with Gasteiger partial charge in [-0.1, -0.05) is 37.1 Å². The number of nitrogens with zero attached hydrogens (tertiary/aromatic N) is 4. The van der Waals surface area contributed by atoms with Crippen LogP contribution in [0.25, 0.3) is 0 Å². The highest BCUT2D eigenvalue weighted by atomic mass is 79.9. The number of carbonyl (C=O) groups is 1. The second-order valence-corrected chi connectivity index (χ2v) is 10.1. The van der Waals surface area contributed by atoms with Gasteiger partial charge >= 0.3 is 0 Å². The first-order valence-electron chi connectivity index (χ1n) is 10.8. The van der Waals surface area contributed by atoms with Gasteiger partial charge in [0.05, 0.1) is 11.6 Å². The number of nitrogens with one attached hydrogen (secondary N) is 1. The second kappa shape index (κ2) is 8.50. The van der Waals surface area contributed by atoms with Crippen LogP contribution in [0.5, 0.6) is 11.5 Å². The maximum Gasteiger partial charge on any atom is 0.248 e. The Hall–Kier alpha value is -3.27. The van der Waals surface area contributed by atoms with Gasteiger partial charge in [0.2, 0.25) is 5.95 Å². The van der Waals surface area contributed by atoms with Crippen LogP contribution in [0.4, 0.5) is 10.3 Å². The van der Waals surface area contributed by atoms with Gasteiger partial charge in [0.25, 0.3) is 0 Å². The van der Waals surface area contributed by atoms with E-state index in [-0.39, 0.29) is 23.6 Å². The molecule has 0 amide bonds. The molecule has 1 aliphatic heterocycles. The van der Waals surface area contributed by atoms with Gasteiger partial charge in [0.1, 0.15) is 18.5 Å². The topological polar surface area (TPSA) is 91.2 Å². The summed E-state index contributed by atoms with van der Waals surface area (Å²) in [4.78, 5) is 13.3. The molecule has 0 fully saturated rings. The molecule has 8 nitrogen and oxygen atoms in total. The predicted molar refractivity (Wildman–Crippen MR) is 126 cm³/mol. The van der Waals surface area contributed by atoms with Crippen molar-refractivity contribution < 1.29 is 18.7 Å². The van der Waals surface area contributed by atoms with Crippen LogP contribution in [0.15, 0.2) is 52.1 Å². The van der Waals surface area contributed by atoms with Crippen LogP contribution >= 0.6 is 15.9 Å². The molecule has 34 heavy (non-hydrogen) atoms. The van der Waals surface area contributed by atoms with Crippen molar-refractivity contribution in [3.8, 4) is 11.5 Å². The molecule has 1 atom stereocenters. The quantitative estimate of drug-likeness (QED) is 0.508. The predicted octanol–water partition coefficient (Wildman–Crippen LogP) is 4.82. The molecular weight excluding hydrogens is 505 g/mol. The van der Waals surface area contributed by atoms with Crippen molar-refractivity contribution in [2.75, 3.05) is 12.4 Å². The van der Waals surface area contributed by atoms with E-state index in [0.29, 0.717) is 45.9 Å². The Labute approximate surface area is 204 Å². The molecule has 1 aliphatic carbocycles. The number of anilines is 1. The highest BCUT2D eigenvalue weighted by Crippen LogP contribution is 2.47. The zero-order valence-electron chi connectivity index (χ0n) is 18.9. The van der Waals surface area contributed by atoms with Gasteiger partial charge < -0.3 is 14.8 Å². The first kappa shape index (κ1) is 22.5. The molecule has 2 aliphatic rings. The van der Waals surface area contributed by atoms with E-state index in [1.807, 2.05) is 6.07 Å². The summed E-state index contributed by atoms with van der Waals surface area (Å²) in [6, 6.07) is 9.60. The molecule has 5 rings (SSSR count). The molecule has 2 heterocycles. The van der Waals surface area contributed by atoms with Gasteiger partial charge in [-0.3, -0.25) is 4.79 Å². The minimum absolute atomic E-state index is 0.0361. The highest BCUT2D eigenvalue weighted by molar-refractivity contribution is 9.10. The SMILES string of the molecule is COc1cc(C2C3=C(CC(C)(C)CC3=O)Nc3nnnn32)cc(Br)c1OCc1ccccc1F. The minimum atomic E-state index is -0.518. The maximum absolute atomic E-state index is 14.1. The lowest BCUT2D eigenvalue weighted by Crippen LogP contribution is -2.36. The zero-order valence-corrected chi connectivity index (χ0v) is 20.5. The van der Waals surface area contributed by atoms with E-state index in [9.17, 15) is 9.18 Å². The van der Waals surface area contributed by atoms with E-state index >= 15 is 0 Å². The lowest BCUT2D eigenvalue weighted by molar-refractivity contribution is -0.118. The summed E-state index contributed by atoms with van der Waals surface area (Å²) in [6.07, 6.45) is 1.14. The number of halogens is 2. The molecule has 0 saturated heterocycles. The van der Waals surface area contributed by atoms with Crippen molar-refractivity contribution >= 4 is 27.7 Å². The Kier molecular flexibility index (Phi) is 5.63. The monoisotopic (exact) mass is 527 g/mol. The van der Waals surface area contributed by atoms with Crippen molar-refractivity contribution in [2.24, 2.45) is 5.41 Å². The summed E-state index contributed by atoms with van der Waals surface area (Å²) in [5.74, 6) is 1.07. The third-order valence-electron chi connectivity index (χ3n) is 6.09. The number of aromatic nitrogens is 4. The molecule has 3 aromatic rings. The van der Waals surface area contributed by atoms with Crippen molar-refractivity contribution in [3.05, 3.63) is 69.1 Å². The molecule has 1 unspecified atom stereocenters. The normalized spacial score (nSPS) is 18.7. The molecule has 1 N–H and O–H groups in total. The molecule has 0 bridgehead atoms. The van der Waals surface area contributed by atoms with Crippen LogP contribution in [0, 0.1) is 11.2 Å². The molecule has 0 saturated carbocycles. The van der Waals surface area contributed by atoms with Crippen LogP contribution in [0.2, 0.25) is 0 Å². The van der Waals surface area contributed by atoms with E-state index in [4.69, 9.17) is 9.47 Å². The number of Topliss-reactive ketones (excluding diaryl/α,β-unsaturated/α-hetero) is 1. The summed E-state index contributed by atoms with van der Waals surface area (Å²) >= 11 is 3.57. The van der Waals surface area contributed by atoms with Crippen molar-refractivity contribution in [1.82, 2.24) is 20.2 Å². The third kappa shape index (κ3) is 3.96. The van der Waals surface area contributed by atoms with Gasteiger partial charge in [-0.15, -0.1) is 0 Å². The van der Waals surface area contributed by atoms with Crippen LogP contribution in [0.3, 0.4) is 0 Å². The Morgan fingerprint density at radius 1 is 1.26 bits per heavy atom. The number of benzene rings is 2. The lowest BCUT2D eigenvalue weighted by Gasteiger charge is -2.38. The first-order valence-corrected chi connectivity index (χ1v) is 11.6. The summed E-state index contributed by atoms with van der Waals surface area (Å²) in [6.45, 7) is 4.18. The van der Waals surface area contributed by atoms with Gasteiger partial charge in [-0.2, -0.15) is 4.68 Å². The number of carbonyl (C=O) groups excluding carboxylic acids is 1. The maximum atomic E-state index is 14.1. The fraction of sp³-hybridized carbons (Fsp3) is 0.333. The standard InChI is InChI=1S/C24H23BrFN5O3/c1-24(2)10-17-20(18(32)11-24)21(31-23(27-17)28-29-30-31)14-8-15(25)22(19(9-14)33-3)34-12-13-6-4-5-7-16(13)26/h4-9,21H,10-12H2,1-3H3,(H,27,28,30). The van der Waals surface area contributed by atoms with E-state index < -0.39 is 6.04 Å². The summed E-state index contributed by atoms with van der Waals surface area (Å²) in [7, 11) is 1.53. The van der Waals surface area contributed by atoms with Crippen molar-refractivity contribution in [1.29, 1.82) is 0 Å². The molecule has 2 aromatic carbocycles. The summed E-state index contributed by atoms with van der Waals surface area (Å²) < 4.78 is 27.8. The second-order valence-electron chi connectivity index (χ2n) is 9.22. The summed E-state index contributed by atoms with van der Waals surface area (Å²) in [5.41, 5.74) is 2.52. The van der Waals surface area contributed by atoms with Gasteiger partial charge in [0.15, 0.2) is 17.3 Å². The summed E-state index contributed by atoms with van der Waals surface area (Å²) in [5, 5.41) is 15.3. The Morgan fingerprint density at radius 3 is 2.82 bits per heavy atom. The number of tetrazole rings is 1. The number of ether oxygens (including phenoxy) is 2. The van der Waals surface area contributed by atoms with E-state index in [1.54, 1.807) is 28.9 Å². The number of ketones is 1. The van der Waals surface area contributed by atoms with Crippen LogP contribution in [0.1, 0.15) is 43.9 Å². The molecule has 0 radical (unpaired) electrons. The average molecular weight is 528 g/mol. The van der Waals surface area contributed by atoms with Crippen LogP contribution < -0.4 is 14.8 Å². The minimum Gasteiger partial charge on any atom is -0.493 e. The Balaban J connectivity index is 1.55. The largest absolute Gasteiger partial charge is 0.493 e. The van der Waals surface area contributed by atoms with Gasteiger partial charge in [-0.25, -0.2) is 4.39 Å². The zero-order chi connectivity index (χ0) is 24.0. The third-order valence-corrected chi connectivity index (χ3v) is 6.68. The average Bonchev–Trinajstić information content (AvgIpc) is 3.24. The lowest BCUT2D eigenvalue weighted by atomic mass is 9.73. The Bertz CT molecular complexity index is 1320. The molecule has 1 aromatic heterocycles. The highest BCUT2D eigenvalue weighted by Gasteiger charge is 2.42. The number of hydrogen-bond acceptors (Lipinski definition) is 7. The fourth-order valence-electron chi connectivity index (χ4n) is 4.58. The van der Waals surface area contributed by atoms with Crippen molar-refractivity contribution in [3.63, 3.8) is 0 Å². The molecular formula is C24H23BrFN5O3. The molecule has 0 spiro atoms. The van der Waals surface area contributed by atoms with E-state index in [2.05, 4.69) is 50.6 Å².